The van der Waals surface area contributed by atoms with Gasteiger partial charge in [0, 0.05) is 17.8 Å². The minimum atomic E-state index is -0.423. The molecule has 0 saturated heterocycles. The molecule has 0 atom stereocenters. The van der Waals surface area contributed by atoms with Crippen LogP contribution in [0.15, 0.2) is 29.0 Å². The van der Waals surface area contributed by atoms with E-state index in [1.807, 2.05) is 6.07 Å². The number of nitrogens with zero attached hydrogens (tertiary/aromatic N) is 2. The molecule has 0 spiro atoms. The number of halogens is 1. The quantitative estimate of drug-likeness (QED) is 0.794. The molecule has 0 aliphatic carbocycles. The molecule has 0 radical (unpaired) electrons. The molecular formula is C11H9BrN2O2. The Kier molecular flexibility index (Phi) is 3.14. The van der Waals surface area contributed by atoms with Gasteiger partial charge in [0.2, 0.25) is 0 Å². The average Bonchev–Trinajstić information content (AvgIpc) is 2.28. The second-order valence-electron chi connectivity index (χ2n) is 3.11. The summed E-state index contributed by atoms with van der Waals surface area (Å²) in [6.07, 6.45) is 3.33. The van der Waals surface area contributed by atoms with Crippen molar-refractivity contribution in [2.75, 3.05) is 6.61 Å². The van der Waals surface area contributed by atoms with Crippen molar-refractivity contribution < 1.29 is 9.53 Å². The summed E-state index contributed by atoms with van der Waals surface area (Å²) < 4.78 is 5.53. The van der Waals surface area contributed by atoms with Gasteiger partial charge >= 0.3 is 5.97 Å². The molecule has 4 nitrogen and oxygen atoms in total. The van der Waals surface area contributed by atoms with Crippen LogP contribution in [0.1, 0.15) is 17.4 Å². The van der Waals surface area contributed by atoms with Gasteiger partial charge in [0.15, 0.2) is 5.69 Å². The van der Waals surface area contributed by atoms with E-state index in [0.717, 1.165) is 10.9 Å². The summed E-state index contributed by atoms with van der Waals surface area (Å²) in [4.78, 5) is 19.8. The molecule has 2 rings (SSSR count). The van der Waals surface area contributed by atoms with Crippen molar-refractivity contribution in [3.63, 3.8) is 0 Å². The fraction of sp³-hybridized carbons (Fsp3) is 0.182. The number of esters is 1. The van der Waals surface area contributed by atoms with Crippen LogP contribution in [0.3, 0.4) is 0 Å². The van der Waals surface area contributed by atoms with Crippen LogP contribution in [0, 0.1) is 0 Å². The smallest absolute Gasteiger partial charge is 0.358 e. The van der Waals surface area contributed by atoms with E-state index in [9.17, 15) is 4.79 Å². The van der Waals surface area contributed by atoms with Crippen molar-refractivity contribution in [3.8, 4) is 0 Å². The molecule has 0 aliphatic heterocycles. The number of aromatic nitrogens is 2. The standard InChI is InChI=1S/C11H9BrN2O2/c1-2-16-11(15)10-8(12)5-7-6-13-4-3-9(7)14-10/h3-6H,2H2,1H3. The third-order valence-electron chi connectivity index (χ3n) is 2.04. The van der Waals surface area contributed by atoms with E-state index in [4.69, 9.17) is 4.74 Å². The Balaban J connectivity index is 2.54. The fourth-order valence-electron chi connectivity index (χ4n) is 1.33. The maximum absolute atomic E-state index is 11.6. The maximum atomic E-state index is 11.6. The molecule has 0 N–H and O–H groups in total. The number of hydrogen-bond acceptors (Lipinski definition) is 4. The lowest BCUT2D eigenvalue weighted by atomic mass is 10.2. The van der Waals surface area contributed by atoms with E-state index in [2.05, 4.69) is 25.9 Å². The highest BCUT2D eigenvalue weighted by molar-refractivity contribution is 9.10. The van der Waals surface area contributed by atoms with Crippen LogP contribution < -0.4 is 0 Å². The summed E-state index contributed by atoms with van der Waals surface area (Å²) in [6.45, 7) is 2.10. The molecule has 2 aromatic rings. The molecule has 5 heteroatoms. The van der Waals surface area contributed by atoms with Crippen LogP contribution in [0.4, 0.5) is 0 Å². The van der Waals surface area contributed by atoms with Crippen LogP contribution in [0.5, 0.6) is 0 Å². The van der Waals surface area contributed by atoms with Crippen molar-refractivity contribution in [1.82, 2.24) is 9.97 Å². The Hall–Kier alpha value is -1.49. The first-order valence-corrected chi connectivity index (χ1v) is 5.59. The topological polar surface area (TPSA) is 52.1 Å². The van der Waals surface area contributed by atoms with Crippen molar-refractivity contribution >= 4 is 32.8 Å². The largest absolute Gasteiger partial charge is 0.461 e. The molecular weight excluding hydrogens is 272 g/mol. The summed E-state index contributed by atoms with van der Waals surface area (Å²) in [5.41, 5.74) is 1.02. The van der Waals surface area contributed by atoms with Crippen molar-refractivity contribution in [3.05, 3.63) is 34.7 Å². The molecule has 0 amide bonds. The van der Waals surface area contributed by atoms with Gasteiger partial charge < -0.3 is 4.74 Å². The van der Waals surface area contributed by atoms with E-state index in [-0.39, 0.29) is 0 Å². The van der Waals surface area contributed by atoms with Gasteiger partial charge in [-0.25, -0.2) is 9.78 Å². The number of fused-ring (bicyclic) bond motifs is 1. The molecule has 82 valence electrons. The monoisotopic (exact) mass is 280 g/mol. The maximum Gasteiger partial charge on any atom is 0.358 e. The highest BCUT2D eigenvalue weighted by atomic mass is 79.9. The second kappa shape index (κ2) is 4.57. The lowest BCUT2D eigenvalue weighted by molar-refractivity contribution is 0.0519. The van der Waals surface area contributed by atoms with Gasteiger partial charge in [0.25, 0.3) is 0 Å². The number of hydrogen-bond donors (Lipinski definition) is 0. The molecule has 2 heterocycles. The predicted octanol–water partition coefficient (Wildman–Crippen LogP) is 2.57. The predicted molar refractivity (Wildman–Crippen MR) is 63.2 cm³/mol. The Labute approximate surface area is 101 Å². The zero-order valence-corrected chi connectivity index (χ0v) is 10.2. The van der Waals surface area contributed by atoms with Gasteiger partial charge in [0.05, 0.1) is 16.6 Å². The minimum Gasteiger partial charge on any atom is -0.461 e. The molecule has 0 aromatic carbocycles. The van der Waals surface area contributed by atoms with Crippen LogP contribution >= 0.6 is 15.9 Å². The van der Waals surface area contributed by atoms with Crippen LogP contribution in [-0.4, -0.2) is 22.5 Å². The third-order valence-corrected chi connectivity index (χ3v) is 2.64. The summed E-state index contributed by atoms with van der Waals surface area (Å²) in [5, 5.41) is 0.877. The zero-order valence-electron chi connectivity index (χ0n) is 8.61. The molecule has 16 heavy (non-hydrogen) atoms. The number of rotatable bonds is 2. The van der Waals surface area contributed by atoms with E-state index in [1.54, 1.807) is 25.4 Å². The minimum absolute atomic E-state index is 0.292. The number of carbonyl (C=O) groups excluding carboxylic acids is 1. The van der Waals surface area contributed by atoms with E-state index in [1.165, 1.54) is 0 Å². The molecule has 0 unspecified atom stereocenters. The number of carbonyl (C=O) groups is 1. The molecule has 2 aromatic heterocycles. The Bertz CT molecular complexity index is 542. The van der Waals surface area contributed by atoms with Crippen LogP contribution in [0.2, 0.25) is 0 Å². The van der Waals surface area contributed by atoms with Gasteiger partial charge in [0.1, 0.15) is 0 Å². The first-order valence-electron chi connectivity index (χ1n) is 4.79. The van der Waals surface area contributed by atoms with Gasteiger partial charge in [-0.05, 0) is 35.0 Å². The van der Waals surface area contributed by atoms with Gasteiger partial charge in [-0.3, -0.25) is 4.98 Å². The summed E-state index contributed by atoms with van der Waals surface area (Å²) in [7, 11) is 0. The average molecular weight is 281 g/mol. The summed E-state index contributed by atoms with van der Waals surface area (Å²) in [5.74, 6) is -0.423. The lowest BCUT2D eigenvalue weighted by Crippen LogP contribution is -2.08. The SMILES string of the molecule is CCOC(=O)c1nc2ccncc2cc1Br. The van der Waals surface area contributed by atoms with Gasteiger partial charge in [-0.2, -0.15) is 0 Å². The van der Waals surface area contributed by atoms with Crippen molar-refractivity contribution in [1.29, 1.82) is 0 Å². The van der Waals surface area contributed by atoms with E-state index >= 15 is 0 Å². The van der Waals surface area contributed by atoms with Crippen LogP contribution in [0.25, 0.3) is 10.9 Å². The number of pyridine rings is 2. The van der Waals surface area contributed by atoms with Gasteiger partial charge in [-0.1, -0.05) is 0 Å². The van der Waals surface area contributed by atoms with Crippen molar-refractivity contribution in [2.45, 2.75) is 6.92 Å². The first kappa shape index (κ1) is 11.0. The Morgan fingerprint density at radius 2 is 2.38 bits per heavy atom. The highest BCUT2D eigenvalue weighted by Gasteiger charge is 2.13. The Morgan fingerprint density at radius 3 is 3.12 bits per heavy atom. The number of ether oxygens (including phenoxy) is 1. The highest BCUT2D eigenvalue weighted by Crippen LogP contribution is 2.21. The molecule has 0 aliphatic rings. The fourth-order valence-corrected chi connectivity index (χ4v) is 1.83. The molecule has 0 fully saturated rings. The normalized spacial score (nSPS) is 10.4. The van der Waals surface area contributed by atoms with E-state index < -0.39 is 5.97 Å². The third kappa shape index (κ3) is 2.04. The van der Waals surface area contributed by atoms with E-state index in [0.29, 0.717) is 16.8 Å². The molecule has 0 bridgehead atoms. The summed E-state index contributed by atoms with van der Waals surface area (Å²) >= 11 is 3.30. The zero-order chi connectivity index (χ0) is 11.5. The molecule has 0 saturated carbocycles. The first-order chi connectivity index (χ1) is 7.72. The van der Waals surface area contributed by atoms with Crippen LogP contribution in [-0.2, 0) is 4.74 Å². The van der Waals surface area contributed by atoms with Crippen molar-refractivity contribution in [2.24, 2.45) is 0 Å². The van der Waals surface area contributed by atoms with Gasteiger partial charge in [-0.15, -0.1) is 0 Å². The second-order valence-corrected chi connectivity index (χ2v) is 3.96. The Morgan fingerprint density at radius 1 is 1.56 bits per heavy atom. The summed E-state index contributed by atoms with van der Waals surface area (Å²) in [6, 6.07) is 3.56. The lowest BCUT2D eigenvalue weighted by Gasteiger charge is -2.04.